The number of nitrogens with zero attached hydrogens (tertiary/aromatic N) is 4. The summed E-state index contributed by atoms with van der Waals surface area (Å²) in [4.78, 5) is 32.2. The zero-order valence-electron chi connectivity index (χ0n) is 15.6. The van der Waals surface area contributed by atoms with Crippen molar-refractivity contribution in [2.24, 2.45) is 5.10 Å². The van der Waals surface area contributed by atoms with Crippen LogP contribution in [-0.2, 0) is 0 Å². The quantitative estimate of drug-likeness (QED) is 0.352. The van der Waals surface area contributed by atoms with Gasteiger partial charge in [0.1, 0.15) is 17.0 Å². The number of nitro benzene ring substituents is 1. The van der Waals surface area contributed by atoms with Crippen molar-refractivity contribution in [3.63, 3.8) is 0 Å². The van der Waals surface area contributed by atoms with Gasteiger partial charge in [0.05, 0.1) is 47.3 Å². The maximum absolute atomic E-state index is 12.5. The number of hydrogen-bond donors (Lipinski definition) is 2. The normalized spacial score (nSPS) is 11.0. The summed E-state index contributed by atoms with van der Waals surface area (Å²) < 4.78 is 10.2. The molecule has 0 unspecified atom stereocenters. The maximum Gasteiger partial charge on any atom is 0.282 e. The van der Waals surface area contributed by atoms with E-state index < -0.39 is 10.8 Å². The predicted octanol–water partition coefficient (Wildman–Crippen LogP) is 2.27. The molecule has 0 atom stereocenters. The Morgan fingerprint density at radius 3 is 2.62 bits per heavy atom. The number of amides is 1. The second-order valence-electron chi connectivity index (χ2n) is 5.72. The SMILES string of the molecule is COc1cc(/C=N\NC(=O)c2sc3ncnc(N)c3c2C)c([N+](=O)[O-])cc1OC. The third-order valence-corrected chi connectivity index (χ3v) is 5.26. The largest absolute Gasteiger partial charge is 0.493 e. The molecule has 0 saturated heterocycles. The molecule has 3 rings (SSSR count). The Labute approximate surface area is 168 Å². The minimum Gasteiger partial charge on any atom is -0.493 e. The highest BCUT2D eigenvalue weighted by atomic mass is 32.1. The van der Waals surface area contributed by atoms with Crippen LogP contribution in [0, 0.1) is 17.0 Å². The van der Waals surface area contributed by atoms with Gasteiger partial charge in [-0.05, 0) is 18.6 Å². The van der Waals surface area contributed by atoms with Gasteiger partial charge < -0.3 is 15.2 Å². The number of aromatic nitrogens is 2. The van der Waals surface area contributed by atoms with E-state index in [1.165, 1.54) is 32.7 Å². The Hall–Kier alpha value is -3.80. The molecule has 0 bridgehead atoms. The molecule has 11 nitrogen and oxygen atoms in total. The number of ether oxygens (including phenoxy) is 2. The number of nitrogens with two attached hydrogens (primary N) is 1. The molecule has 150 valence electrons. The van der Waals surface area contributed by atoms with Crippen molar-refractivity contribution < 1.29 is 19.2 Å². The van der Waals surface area contributed by atoms with Crippen LogP contribution in [0.4, 0.5) is 11.5 Å². The number of rotatable bonds is 6. The first-order chi connectivity index (χ1) is 13.9. The summed E-state index contributed by atoms with van der Waals surface area (Å²) in [6, 6.07) is 2.62. The summed E-state index contributed by atoms with van der Waals surface area (Å²) in [5.41, 5.74) is 8.73. The highest BCUT2D eigenvalue weighted by Crippen LogP contribution is 2.34. The van der Waals surface area contributed by atoms with Crippen LogP contribution >= 0.6 is 11.3 Å². The van der Waals surface area contributed by atoms with Gasteiger partial charge in [0, 0.05) is 0 Å². The second-order valence-corrected chi connectivity index (χ2v) is 6.72. The van der Waals surface area contributed by atoms with Gasteiger partial charge in [-0.15, -0.1) is 11.3 Å². The Morgan fingerprint density at radius 2 is 2.00 bits per heavy atom. The fourth-order valence-corrected chi connectivity index (χ4v) is 3.72. The zero-order chi connectivity index (χ0) is 21.1. The van der Waals surface area contributed by atoms with Crippen molar-refractivity contribution in [1.29, 1.82) is 0 Å². The number of fused-ring (bicyclic) bond motifs is 1. The number of hydrogen-bond acceptors (Lipinski definition) is 10. The first-order valence-corrected chi connectivity index (χ1v) is 8.92. The number of aryl methyl sites for hydroxylation is 1. The van der Waals surface area contributed by atoms with Gasteiger partial charge in [-0.25, -0.2) is 15.4 Å². The first kappa shape index (κ1) is 19.9. The molecule has 2 aromatic heterocycles. The lowest BCUT2D eigenvalue weighted by atomic mass is 10.1. The molecular formula is C17H16N6O5S. The third kappa shape index (κ3) is 3.78. The van der Waals surface area contributed by atoms with Crippen molar-refractivity contribution in [1.82, 2.24) is 15.4 Å². The summed E-state index contributed by atoms with van der Waals surface area (Å²) >= 11 is 1.15. The van der Waals surface area contributed by atoms with Gasteiger partial charge in [-0.3, -0.25) is 14.9 Å². The van der Waals surface area contributed by atoms with Gasteiger partial charge in [0.15, 0.2) is 11.5 Å². The summed E-state index contributed by atoms with van der Waals surface area (Å²) in [7, 11) is 2.78. The fourth-order valence-electron chi connectivity index (χ4n) is 2.67. The van der Waals surface area contributed by atoms with E-state index in [1.54, 1.807) is 6.92 Å². The number of nitro groups is 1. The molecule has 0 fully saturated rings. The monoisotopic (exact) mass is 416 g/mol. The number of benzene rings is 1. The molecule has 0 aliphatic rings. The van der Waals surface area contributed by atoms with E-state index in [4.69, 9.17) is 15.2 Å². The van der Waals surface area contributed by atoms with Crippen LogP contribution in [0.5, 0.6) is 11.5 Å². The Kier molecular flexibility index (Phi) is 5.54. The second kappa shape index (κ2) is 8.06. The van der Waals surface area contributed by atoms with Gasteiger partial charge in [-0.1, -0.05) is 0 Å². The van der Waals surface area contributed by atoms with Crippen LogP contribution in [0.2, 0.25) is 0 Å². The van der Waals surface area contributed by atoms with Gasteiger partial charge in [-0.2, -0.15) is 5.10 Å². The molecule has 3 N–H and O–H groups in total. The van der Waals surface area contributed by atoms with Crippen LogP contribution in [0.25, 0.3) is 10.2 Å². The number of anilines is 1. The number of carbonyl (C=O) groups is 1. The third-order valence-electron chi connectivity index (χ3n) is 4.06. The summed E-state index contributed by atoms with van der Waals surface area (Å²) in [5.74, 6) is 0.289. The summed E-state index contributed by atoms with van der Waals surface area (Å²) in [6.45, 7) is 1.73. The highest BCUT2D eigenvalue weighted by Gasteiger charge is 2.20. The lowest BCUT2D eigenvalue weighted by Gasteiger charge is -2.08. The van der Waals surface area contributed by atoms with Crippen LogP contribution in [0.1, 0.15) is 20.8 Å². The number of nitrogen functional groups attached to an aromatic ring is 1. The first-order valence-electron chi connectivity index (χ1n) is 8.10. The molecular weight excluding hydrogens is 400 g/mol. The lowest BCUT2D eigenvalue weighted by Crippen LogP contribution is -2.17. The molecule has 0 radical (unpaired) electrons. The average molecular weight is 416 g/mol. The number of hydrazone groups is 1. The summed E-state index contributed by atoms with van der Waals surface area (Å²) in [6.07, 6.45) is 2.48. The predicted molar refractivity (Wildman–Crippen MR) is 108 cm³/mol. The van der Waals surface area contributed by atoms with E-state index in [1.807, 2.05) is 0 Å². The van der Waals surface area contributed by atoms with Gasteiger partial charge in [0.25, 0.3) is 11.6 Å². The van der Waals surface area contributed by atoms with Crippen molar-refractivity contribution >= 4 is 45.2 Å². The fraction of sp³-hybridized carbons (Fsp3) is 0.176. The van der Waals surface area contributed by atoms with Crippen LogP contribution in [0.3, 0.4) is 0 Å². The maximum atomic E-state index is 12.5. The molecule has 2 heterocycles. The standard InChI is InChI=1S/C17H16N6O5S/c1-8-13-15(18)19-7-20-17(13)29-14(8)16(24)22-21-6-9-4-11(27-2)12(28-3)5-10(9)23(25)26/h4-7H,1-3H3,(H,22,24)(H2,18,19,20)/b21-6-. The number of thiophene rings is 1. The Balaban J connectivity index is 1.88. The summed E-state index contributed by atoms with van der Waals surface area (Å²) in [5, 5.41) is 15.8. The minimum absolute atomic E-state index is 0.135. The van der Waals surface area contributed by atoms with Crippen molar-refractivity contribution in [3.8, 4) is 11.5 Å². The van der Waals surface area contributed by atoms with E-state index in [2.05, 4.69) is 20.5 Å². The van der Waals surface area contributed by atoms with E-state index >= 15 is 0 Å². The molecule has 0 spiro atoms. The van der Waals surface area contributed by atoms with E-state index in [-0.39, 0.29) is 22.8 Å². The van der Waals surface area contributed by atoms with Crippen molar-refractivity contribution in [3.05, 3.63) is 44.6 Å². The molecule has 1 aromatic carbocycles. The molecule has 1 amide bonds. The van der Waals surface area contributed by atoms with Crippen LogP contribution in [-0.4, -0.2) is 41.2 Å². The highest BCUT2D eigenvalue weighted by molar-refractivity contribution is 7.20. The Morgan fingerprint density at radius 1 is 1.31 bits per heavy atom. The lowest BCUT2D eigenvalue weighted by molar-refractivity contribution is -0.385. The number of methoxy groups -OCH3 is 2. The molecule has 0 aliphatic carbocycles. The van der Waals surface area contributed by atoms with Crippen LogP contribution < -0.4 is 20.6 Å². The van der Waals surface area contributed by atoms with Crippen LogP contribution in [0.15, 0.2) is 23.6 Å². The van der Waals surface area contributed by atoms with Crippen molar-refractivity contribution in [2.45, 2.75) is 6.92 Å². The zero-order valence-corrected chi connectivity index (χ0v) is 16.4. The van der Waals surface area contributed by atoms with E-state index in [0.29, 0.717) is 26.4 Å². The number of carbonyl (C=O) groups excluding carboxylic acids is 1. The molecule has 0 saturated carbocycles. The molecule has 3 aromatic rings. The Bertz CT molecular complexity index is 1140. The average Bonchev–Trinajstić information content (AvgIpc) is 3.05. The number of nitrogens with one attached hydrogen (secondary N) is 1. The molecule has 0 aliphatic heterocycles. The smallest absolute Gasteiger partial charge is 0.282 e. The molecule has 12 heteroatoms. The van der Waals surface area contributed by atoms with Crippen molar-refractivity contribution in [2.75, 3.05) is 20.0 Å². The van der Waals surface area contributed by atoms with Gasteiger partial charge >= 0.3 is 0 Å². The van der Waals surface area contributed by atoms with E-state index in [0.717, 1.165) is 17.6 Å². The topological polar surface area (TPSA) is 155 Å². The van der Waals surface area contributed by atoms with Gasteiger partial charge in [0.2, 0.25) is 0 Å². The minimum atomic E-state index is -0.581. The van der Waals surface area contributed by atoms with E-state index in [9.17, 15) is 14.9 Å². The molecule has 29 heavy (non-hydrogen) atoms.